The second kappa shape index (κ2) is 7.56. The minimum Gasteiger partial charge on any atom is -0.478 e. The molecule has 2 aromatic rings. The van der Waals surface area contributed by atoms with Gasteiger partial charge in [0.2, 0.25) is 0 Å². The van der Waals surface area contributed by atoms with Crippen LogP contribution < -0.4 is 10.1 Å². The minimum absolute atomic E-state index is 0.0201. The zero-order chi connectivity index (χ0) is 18.4. The summed E-state index contributed by atoms with van der Waals surface area (Å²) < 4.78 is 45.3. The van der Waals surface area contributed by atoms with Gasteiger partial charge in [-0.3, -0.25) is 5.32 Å². The van der Waals surface area contributed by atoms with Gasteiger partial charge >= 0.3 is 18.4 Å². The zero-order valence-electron chi connectivity index (χ0n) is 12.5. The van der Waals surface area contributed by atoms with Crippen molar-refractivity contribution >= 4 is 17.7 Å². The molecule has 132 valence electrons. The van der Waals surface area contributed by atoms with E-state index in [9.17, 15) is 22.8 Å². The summed E-state index contributed by atoms with van der Waals surface area (Å²) in [6, 6.07) is 11.5. The predicted molar refractivity (Wildman–Crippen MR) is 80.3 cm³/mol. The van der Waals surface area contributed by atoms with E-state index in [-0.39, 0.29) is 12.3 Å². The maximum atomic E-state index is 12.3. The highest BCUT2D eigenvalue weighted by atomic mass is 19.4. The third kappa shape index (κ3) is 5.72. The van der Waals surface area contributed by atoms with Crippen LogP contribution in [0.25, 0.3) is 0 Å². The van der Waals surface area contributed by atoms with Gasteiger partial charge in [0.1, 0.15) is 17.9 Å². The Morgan fingerprint density at radius 2 is 1.76 bits per heavy atom. The molecule has 0 bridgehead atoms. The molecule has 0 fully saturated rings. The van der Waals surface area contributed by atoms with Gasteiger partial charge in [0.15, 0.2) is 0 Å². The Kier molecular flexibility index (Phi) is 5.48. The van der Waals surface area contributed by atoms with Crippen molar-refractivity contribution in [3.05, 3.63) is 59.7 Å². The number of carbonyl (C=O) groups excluding carboxylic acids is 1. The van der Waals surface area contributed by atoms with Gasteiger partial charge < -0.3 is 14.6 Å². The number of ether oxygens (including phenoxy) is 2. The molecular weight excluding hydrogens is 343 g/mol. The number of nitrogens with one attached hydrogen (secondary N) is 1. The normalized spacial score (nSPS) is 10.8. The van der Waals surface area contributed by atoms with Gasteiger partial charge in [0.05, 0.1) is 0 Å². The number of carboxylic acids is 1. The number of benzene rings is 2. The number of hydrogen-bond acceptors (Lipinski definition) is 4. The van der Waals surface area contributed by atoms with Crippen molar-refractivity contribution in [3.63, 3.8) is 0 Å². The van der Waals surface area contributed by atoms with Crippen LogP contribution in [-0.2, 0) is 11.3 Å². The molecular formula is C16H12F3NO5. The van der Waals surface area contributed by atoms with Crippen molar-refractivity contribution in [3.8, 4) is 5.75 Å². The van der Waals surface area contributed by atoms with Crippen LogP contribution >= 0.6 is 0 Å². The highest BCUT2D eigenvalue weighted by molar-refractivity contribution is 5.94. The van der Waals surface area contributed by atoms with E-state index < -0.39 is 29.7 Å². The quantitative estimate of drug-likeness (QED) is 0.846. The molecule has 0 aliphatic rings. The maximum Gasteiger partial charge on any atom is 0.573 e. The molecule has 0 radical (unpaired) electrons. The van der Waals surface area contributed by atoms with Crippen molar-refractivity contribution < 1.29 is 37.3 Å². The number of anilines is 1. The maximum absolute atomic E-state index is 12.3. The van der Waals surface area contributed by atoms with Crippen LogP contribution in [-0.4, -0.2) is 23.5 Å². The topological polar surface area (TPSA) is 84.9 Å². The lowest BCUT2D eigenvalue weighted by Crippen LogP contribution is -2.19. The Morgan fingerprint density at radius 3 is 2.36 bits per heavy atom. The molecule has 0 atom stereocenters. The van der Waals surface area contributed by atoms with Crippen LogP contribution in [0.1, 0.15) is 15.9 Å². The molecule has 0 aromatic heterocycles. The summed E-state index contributed by atoms with van der Waals surface area (Å²) in [4.78, 5) is 22.8. The fourth-order valence-electron chi connectivity index (χ4n) is 1.87. The molecule has 0 saturated heterocycles. The van der Waals surface area contributed by atoms with E-state index in [0.29, 0.717) is 0 Å². The summed E-state index contributed by atoms with van der Waals surface area (Å²) in [5.41, 5.74) is -0.0685. The molecule has 0 heterocycles. The molecule has 0 unspecified atom stereocenters. The first-order valence-corrected chi connectivity index (χ1v) is 6.85. The summed E-state index contributed by atoms with van der Waals surface area (Å²) in [7, 11) is 0. The molecule has 2 aromatic carbocycles. The largest absolute Gasteiger partial charge is 0.573 e. The van der Waals surface area contributed by atoms with Gasteiger partial charge in [-0.2, -0.15) is 0 Å². The zero-order valence-corrected chi connectivity index (χ0v) is 12.5. The van der Waals surface area contributed by atoms with Crippen molar-refractivity contribution in [1.29, 1.82) is 0 Å². The molecule has 2 rings (SSSR count). The Hall–Kier alpha value is -3.23. The van der Waals surface area contributed by atoms with E-state index in [1.54, 1.807) is 30.3 Å². The Morgan fingerprint density at radius 1 is 1.08 bits per heavy atom. The molecule has 1 amide bonds. The average Bonchev–Trinajstić information content (AvgIpc) is 2.54. The number of halogens is 3. The van der Waals surface area contributed by atoms with E-state index >= 15 is 0 Å². The molecule has 0 saturated carbocycles. The van der Waals surface area contributed by atoms with Crippen molar-refractivity contribution in [1.82, 2.24) is 0 Å². The van der Waals surface area contributed by atoms with Crippen LogP contribution in [0.2, 0.25) is 0 Å². The van der Waals surface area contributed by atoms with Crippen molar-refractivity contribution in [2.45, 2.75) is 13.0 Å². The fraction of sp³-hybridized carbons (Fsp3) is 0.125. The predicted octanol–water partition coefficient (Wildman–Crippen LogP) is 4.03. The third-order valence-electron chi connectivity index (χ3n) is 2.89. The first-order valence-electron chi connectivity index (χ1n) is 6.85. The van der Waals surface area contributed by atoms with E-state index in [0.717, 1.165) is 23.8 Å². The van der Waals surface area contributed by atoms with E-state index in [2.05, 4.69) is 10.1 Å². The van der Waals surface area contributed by atoms with Crippen LogP contribution in [0.15, 0.2) is 48.5 Å². The molecule has 0 spiro atoms. The first kappa shape index (κ1) is 18.1. The van der Waals surface area contributed by atoms with Gasteiger partial charge in [-0.25, -0.2) is 9.59 Å². The smallest absolute Gasteiger partial charge is 0.478 e. The van der Waals surface area contributed by atoms with E-state index in [1.807, 2.05) is 0 Å². The van der Waals surface area contributed by atoms with Crippen LogP contribution in [0, 0.1) is 0 Å². The Bertz CT molecular complexity index is 762. The van der Waals surface area contributed by atoms with Gasteiger partial charge in [-0.1, -0.05) is 30.3 Å². The molecule has 25 heavy (non-hydrogen) atoms. The third-order valence-corrected chi connectivity index (χ3v) is 2.89. The standard InChI is InChI=1S/C16H12F3NO5/c17-16(18,19)25-13-7-6-11(8-12(13)14(21)22)20-15(23)24-9-10-4-2-1-3-5-10/h1-8H,9H2,(H,20,23)(H,21,22). The van der Waals surface area contributed by atoms with Gasteiger partial charge in [-0.05, 0) is 23.8 Å². The summed E-state index contributed by atoms with van der Waals surface area (Å²) in [5, 5.41) is 11.2. The van der Waals surface area contributed by atoms with Crippen LogP contribution in [0.3, 0.4) is 0 Å². The summed E-state index contributed by atoms with van der Waals surface area (Å²) >= 11 is 0. The van der Waals surface area contributed by atoms with Crippen molar-refractivity contribution in [2.24, 2.45) is 0 Å². The molecule has 0 aliphatic heterocycles. The van der Waals surface area contributed by atoms with Gasteiger partial charge in [-0.15, -0.1) is 13.2 Å². The molecule has 0 aliphatic carbocycles. The summed E-state index contributed by atoms with van der Waals surface area (Å²) in [6.07, 6.45) is -5.92. The minimum atomic E-state index is -5.03. The van der Waals surface area contributed by atoms with E-state index in [4.69, 9.17) is 9.84 Å². The first-order chi connectivity index (χ1) is 11.7. The van der Waals surface area contributed by atoms with Crippen LogP contribution in [0.5, 0.6) is 5.75 Å². The number of alkyl halides is 3. The Labute approximate surface area is 139 Å². The molecule has 9 heteroatoms. The summed E-state index contributed by atoms with van der Waals surface area (Å²) in [5.74, 6) is -2.52. The number of amides is 1. The Balaban J connectivity index is 2.05. The number of carboxylic acid groups (broad SMARTS) is 1. The SMILES string of the molecule is O=C(Nc1ccc(OC(F)(F)F)c(C(=O)O)c1)OCc1ccccc1. The second-order valence-electron chi connectivity index (χ2n) is 4.75. The lowest BCUT2D eigenvalue weighted by atomic mass is 10.2. The summed E-state index contributed by atoms with van der Waals surface area (Å²) in [6.45, 7) is -0.0201. The monoisotopic (exact) mass is 355 g/mol. The number of carbonyl (C=O) groups is 2. The average molecular weight is 355 g/mol. The second-order valence-corrected chi connectivity index (χ2v) is 4.75. The van der Waals surface area contributed by atoms with Crippen LogP contribution in [0.4, 0.5) is 23.7 Å². The molecule has 6 nitrogen and oxygen atoms in total. The van der Waals surface area contributed by atoms with E-state index in [1.165, 1.54) is 0 Å². The number of rotatable bonds is 5. The highest BCUT2D eigenvalue weighted by Gasteiger charge is 2.33. The van der Waals surface area contributed by atoms with Crippen molar-refractivity contribution in [2.75, 3.05) is 5.32 Å². The fourth-order valence-corrected chi connectivity index (χ4v) is 1.87. The molecule has 2 N–H and O–H groups in total. The lowest BCUT2D eigenvalue weighted by Gasteiger charge is -2.13. The number of hydrogen-bond donors (Lipinski definition) is 2. The van der Waals surface area contributed by atoms with Gasteiger partial charge in [0, 0.05) is 5.69 Å². The highest BCUT2D eigenvalue weighted by Crippen LogP contribution is 2.28. The number of aromatic carboxylic acids is 1. The lowest BCUT2D eigenvalue weighted by molar-refractivity contribution is -0.274. The van der Waals surface area contributed by atoms with Gasteiger partial charge in [0.25, 0.3) is 0 Å².